The van der Waals surface area contributed by atoms with Gasteiger partial charge in [-0.05, 0) is 38.3 Å². The summed E-state index contributed by atoms with van der Waals surface area (Å²) in [5.74, 6) is 0.940. The summed E-state index contributed by atoms with van der Waals surface area (Å²) >= 11 is 0. The van der Waals surface area contributed by atoms with Crippen molar-refractivity contribution in [2.24, 2.45) is 11.3 Å². The molecule has 1 amide bonds. The molecule has 2 rings (SSSR count). The molecule has 0 aromatic carbocycles. The number of nitrogens with one attached hydrogen (secondary N) is 2. The molecule has 1 aliphatic carbocycles. The molecule has 0 radical (unpaired) electrons. The van der Waals surface area contributed by atoms with Gasteiger partial charge in [-0.2, -0.15) is 0 Å². The van der Waals surface area contributed by atoms with Crippen LogP contribution in [-0.4, -0.2) is 25.5 Å². The van der Waals surface area contributed by atoms with Gasteiger partial charge in [0.1, 0.15) is 0 Å². The van der Waals surface area contributed by atoms with E-state index < -0.39 is 0 Å². The Labute approximate surface area is 98.4 Å². The maximum atomic E-state index is 12.1. The number of hydrogen-bond acceptors (Lipinski definition) is 2. The number of amides is 1. The fourth-order valence-corrected chi connectivity index (χ4v) is 2.90. The van der Waals surface area contributed by atoms with Crippen LogP contribution in [0.3, 0.4) is 0 Å². The van der Waals surface area contributed by atoms with Gasteiger partial charge in [0.25, 0.3) is 0 Å². The van der Waals surface area contributed by atoms with E-state index in [-0.39, 0.29) is 5.41 Å². The average Bonchev–Trinajstić information content (AvgIpc) is 2.79. The van der Waals surface area contributed by atoms with E-state index in [9.17, 15) is 4.79 Å². The van der Waals surface area contributed by atoms with Gasteiger partial charge in [-0.3, -0.25) is 4.79 Å². The van der Waals surface area contributed by atoms with Crippen LogP contribution < -0.4 is 10.6 Å². The average molecular weight is 224 g/mol. The molecule has 16 heavy (non-hydrogen) atoms. The maximum absolute atomic E-state index is 12.1. The highest BCUT2D eigenvalue weighted by molar-refractivity contribution is 5.82. The predicted molar refractivity (Wildman–Crippen MR) is 65.2 cm³/mol. The van der Waals surface area contributed by atoms with Crippen LogP contribution in [0, 0.1) is 11.3 Å². The quantitative estimate of drug-likeness (QED) is 0.766. The Bertz CT molecular complexity index is 240. The van der Waals surface area contributed by atoms with E-state index in [2.05, 4.69) is 17.6 Å². The molecule has 3 heteroatoms. The Hall–Kier alpha value is -0.570. The second-order valence-corrected chi connectivity index (χ2v) is 5.69. The Balaban J connectivity index is 1.77. The molecule has 2 N–H and O–H groups in total. The zero-order valence-corrected chi connectivity index (χ0v) is 10.3. The van der Waals surface area contributed by atoms with Gasteiger partial charge in [-0.1, -0.05) is 26.2 Å². The van der Waals surface area contributed by atoms with Crippen molar-refractivity contribution in [1.29, 1.82) is 0 Å². The summed E-state index contributed by atoms with van der Waals surface area (Å²) in [4.78, 5) is 12.1. The van der Waals surface area contributed by atoms with E-state index in [1.165, 1.54) is 25.7 Å². The van der Waals surface area contributed by atoms with Crippen LogP contribution >= 0.6 is 0 Å². The first-order valence-electron chi connectivity index (χ1n) is 6.70. The highest BCUT2D eigenvalue weighted by Crippen LogP contribution is 2.35. The van der Waals surface area contributed by atoms with Crippen molar-refractivity contribution >= 4 is 5.91 Å². The Kier molecular flexibility index (Phi) is 3.85. The minimum Gasteiger partial charge on any atom is -0.355 e. The smallest absolute Gasteiger partial charge is 0.225 e. The van der Waals surface area contributed by atoms with Gasteiger partial charge in [0, 0.05) is 12.0 Å². The molecule has 1 unspecified atom stereocenters. The molecule has 3 nitrogen and oxygen atoms in total. The molecule has 1 saturated carbocycles. The summed E-state index contributed by atoms with van der Waals surface area (Å²) in [6, 6.07) is 0. The van der Waals surface area contributed by atoms with Crippen LogP contribution in [0.15, 0.2) is 0 Å². The zero-order chi connectivity index (χ0) is 11.4. The minimum atomic E-state index is -0.0791. The molecule has 1 aliphatic heterocycles. The van der Waals surface area contributed by atoms with Crippen molar-refractivity contribution in [2.75, 3.05) is 19.6 Å². The molecule has 0 aromatic rings. The summed E-state index contributed by atoms with van der Waals surface area (Å²) < 4.78 is 0. The van der Waals surface area contributed by atoms with Gasteiger partial charge < -0.3 is 10.6 Å². The van der Waals surface area contributed by atoms with Gasteiger partial charge in [0.2, 0.25) is 5.91 Å². The lowest BCUT2D eigenvalue weighted by Crippen LogP contribution is -2.42. The van der Waals surface area contributed by atoms with Crippen LogP contribution in [0.2, 0.25) is 0 Å². The molecule has 0 bridgehead atoms. The minimum absolute atomic E-state index is 0.0791. The Morgan fingerprint density at radius 1 is 1.38 bits per heavy atom. The third-order valence-corrected chi connectivity index (χ3v) is 4.22. The number of carbonyl (C=O) groups excluding carboxylic acids is 1. The lowest BCUT2D eigenvalue weighted by Gasteiger charge is -2.32. The molecule has 2 aliphatic rings. The van der Waals surface area contributed by atoms with Crippen LogP contribution in [-0.2, 0) is 4.79 Å². The number of rotatable bonds is 3. The van der Waals surface area contributed by atoms with Crippen molar-refractivity contribution in [3.63, 3.8) is 0 Å². The van der Waals surface area contributed by atoms with Crippen LogP contribution in [0.5, 0.6) is 0 Å². The van der Waals surface area contributed by atoms with Gasteiger partial charge >= 0.3 is 0 Å². The Morgan fingerprint density at radius 3 is 2.75 bits per heavy atom. The first-order valence-corrected chi connectivity index (χ1v) is 6.70. The Morgan fingerprint density at radius 2 is 2.12 bits per heavy atom. The van der Waals surface area contributed by atoms with Crippen LogP contribution in [0.25, 0.3) is 0 Å². The predicted octanol–water partition coefficient (Wildman–Crippen LogP) is 1.68. The number of carbonyl (C=O) groups is 1. The standard InChI is InChI=1S/C13H24N2O/c1-13(6-3-2-4-7-13)12(16)15-10-11-5-8-14-9-11/h11,14H,2-10H2,1H3,(H,15,16). The van der Waals surface area contributed by atoms with Crippen molar-refractivity contribution < 1.29 is 4.79 Å². The molecule has 92 valence electrons. The van der Waals surface area contributed by atoms with E-state index in [1.54, 1.807) is 0 Å². The third kappa shape index (κ3) is 2.76. The van der Waals surface area contributed by atoms with Gasteiger partial charge in [0.05, 0.1) is 0 Å². The summed E-state index contributed by atoms with van der Waals surface area (Å²) in [6.45, 7) is 5.17. The van der Waals surface area contributed by atoms with Crippen LogP contribution in [0.1, 0.15) is 45.4 Å². The first-order chi connectivity index (χ1) is 7.71. The zero-order valence-electron chi connectivity index (χ0n) is 10.3. The van der Waals surface area contributed by atoms with Crippen molar-refractivity contribution in [3.8, 4) is 0 Å². The van der Waals surface area contributed by atoms with E-state index in [0.717, 1.165) is 32.5 Å². The lowest BCUT2D eigenvalue weighted by molar-refractivity contribution is -0.132. The summed E-state index contributed by atoms with van der Waals surface area (Å²) in [6.07, 6.45) is 7.08. The van der Waals surface area contributed by atoms with Crippen molar-refractivity contribution in [1.82, 2.24) is 10.6 Å². The molecular weight excluding hydrogens is 200 g/mol. The second-order valence-electron chi connectivity index (χ2n) is 5.69. The fourth-order valence-electron chi connectivity index (χ4n) is 2.90. The van der Waals surface area contributed by atoms with E-state index in [0.29, 0.717) is 11.8 Å². The molecule has 1 atom stereocenters. The van der Waals surface area contributed by atoms with E-state index >= 15 is 0 Å². The monoisotopic (exact) mass is 224 g/mol. The lowest BCUT2D eigenvalue weighted by atomic mass is 9.75. The molecule has 0 aromatic heterocycles. The SMILES string of the molecule is CC1(C(=O)NCC2CCNC2)CCCCC1. The van der Waals surface area contributed by atoms with Gasteiger partial charge in [-0.15, -0.1) is 0 Å². The maximum Gasteiger partial charge on any atom is 0.225 e. The molecule has 0 spiro atoms. The van der Waals surface area contributed by atoms with Crippen molar-refractivity contribution in [2.45, 2.75) is 45.4 Å². The van der Waals surface area contributed by atoms with Crippen molar-refractivity contribution in [3.05, 3.63) is 0 Å². The van der Waals surface area contributed by atoms with E-state index in [4.69, 9.17) is 0 Å². The normalized spacial score (nSPS) is 28.9. The molecule has 1 saturated heterocycles. The van der Waals surface area contributed by atoms with Gasteiger partial charge in [0.15, 0.2) is 0 Å². The summed E-state index contributed by atoms with van der Waals surface area (Å²) in [5.41, 5.74) is -0.0791. The molecule has 1 heterocycles. The topological polar surface area (TPSA) is 41.1 Å². The number of hydrogen-bond donors (Lipinski definition) is 2. The highest BCUT2D eigenvalue weighted by Gasteiger charge is 2.34. The summed E-state index contributed by atoms with van der Waals surface area (Å²) in [5, 5.41) is 6.49. The largest absolute Gasteiger partial charge is 0.355 e. The van der Waals surface area contributed by atoms with Crippen LogP contribution in [0.4, 0.5) is 0 Å². The van der Waals surface area contributed by atoms with E-state index in [1.807, 2.05) is 0 Å². The summed E-state index contributed by atoms with van der Waals surface area (Å²) in [7, 11) is 0. The highest BCUT2D eigenvalue weighted by atomic mass is 16.2. The first kappa shape index (κ1) is 11.9. The fraction of sp³-hybridized carbons (Fsp3) is 0.923. The molecule has 2 fully saturated rings. The molecular formula is C13H24N2O. The third-order valence-electron chi connectivity index (χ3n) is 4.22. The second kappa shape index (κ2) is 5.17. The van der Waals surface area contributed by atoms with Gasteiger partial charge in [-0.25, -0.2) is 0 Å².